The predicted octanol–water partition coefficient (Wildman–Crippen LogP) is 10.1. The number of hydrogen-bond donors (Lipinski definition) is 2. The summed E-state index contributed by atoms with van der Waals surface area (Å²) in [6.45, 7) is 25.9. The Morgan fingerprint density at radius 2 is 0.977 bits per heavy atom. The molecule has 2 aromatic rings. The summed E-state index contributed by atoms with van der Waals surface area (Å²) < 4.78 is 3.83. The van der Waals surface area contributed by atoms with Crippen LogP contribution < -0.4 is 0 Å². The fourth-order valence-corrected chi connectivity index (χ4v) is 5.14. The summed E-state index contributed by atoms with van der Waals surface area (Å²) >= 11 is 0. The second-order valence-corrected chi connectivity index (χ2v) is 16.0. The lowest BCUT2D eigenvalue weighted by molar-refractivity contribution is 0.440. The van der Waals surface area contributed by atoms with Crippen molar-refractivity contribution in [2.45, 2.75) is 143 Å². The highest BCUT2D eigenvalue weighted by Crippen LogP contribution is 2.38. The van der Waals surface area contributed by atoms with Gasteiger partial charge in [-0.3, -0.25) is 4.99 Å². The van der Waals surface area contributed by atoms with E-state index < -0.39 is 0 Å². The largest absolute Gasteiger partial charge is 0.507 e. The number of phenols is 2. The van der Waals surface area contributed by atoms with Crippen LogP contribution in [0.3, 0.4) is 0 Å². The molecule has 0 amide bonds. The van der Waals surface area contributed by atoms with Gasteiger partial charge in [-0.25, -0.2) is 0 Å². The monoisotopic (exact) mass is 647 g/mol. The molecule has 0 aromatic heterocycles. The van der Waals surface area contributed by atoms with E-state index in [1.165, 1.54) is 43.2 Å². The Labute approximate surface area is 278 Å². The van der Waals surface area contributed by atoms with Crippen molar-refractivity contribution in [3.8, 4) is 11.5 Å². The third-order valence-corrected chi connectivity index (χ3v) is 7.96. The summed E-state index contributed by atoms with van der Waals surface area (Å²) in [5.74, 6) is 0.711. The Kier molecular flexibility index (Phi) is 15.3. The summed E-state index contributed by atoms with van der Waals surface area (Å²) in [6.07, 6.45) is 9.81. The molecule has 241 valence electrons. The van der Waals surface area contributed by atoms with Crippen molar-refractivity contribution < 1.29 is 10.2 Å². The van der Waals surface area contributed by atoms with Crippen molar-refractivity contribution in [2.75, 3.05) is 0 Å². The van der Waals surface area contributed by atoms with Gasteiger partial charge in [-0.05, 0) is 57.8 Å². The van der Waals surface area contributed by atoms with Crippen LogP contribution in [0.25, 0.3) is 0 Å². The molecule has 0 aliphatic heterocycles. The quantitative estimate of drug-likeness (QED) is 0.257. The van der Waals surface area contributed by atoms with Crippen molar-refractivity contribution in [1.82, 2.24) is 0 Å². The maximum Gasteiger partial charge on any atom is 0.221 e. The highest BCUT2D eigenvalue weighted by Gasteiger charge is 2.26. The molecule has 2 aromatic carbocycles. The molecule has 43 heavy (non-hydrogen) atoms. The molecule has 7 heteroatoms. The first-order chi connectivity index (χ1) is 18.7. The van der Waals surface area contributed by atoms with Crippen LogP contribution in [0.2, 0.25) is 0 Å². The lowest BCUT2D eigenvalue weighted by Gasteiger charge is -2.27. The zero-order chi connectivity index (χ0) is 31.4. The molecule has 2 N–H and O–H groups in total. The Morgan fingerprint density at radius 3 is 1.30 bits per heavy atom. The zero-order valence-corrected chi connectivity index (χ0v) is 31.3. The zero-order valence-electron chi connectivity index (χ0n) is 28.7. The highest BCUT2D eigenvalue weighted by atomic mass is 35.5. The maximum absolute atomic E-state index is 10.8. The number of rotatable bonds is 3. The van der Waals surface area contributed by atoms with Crippen LogP contribution in [0.4, 0.5) is 0 Å². The molecule has 1 fully saturated rings. The Hall–Kier alpha value is -1.82. The molecule has 0 bridgehead atoms. The van der Waals surface area contributed by atoms with Gasteiger partial charge in [0.05, 0.1) is 0 Å². The SMILES string of the molecule is CC(C)(C)c1cc(C=NC2CCCCC2)c(O)c(C(C)(C)C)c1.CC(C)(C)c1cc(C=N[Si])c(O)c(C(C)(C)C)c1.Cl.Cl. The summed E-state index contributed by atoms with van der Waals surface area (Å²) in [4.78, 5) is 4.78. The lowest BCUT2D eigenvalue weighted by Crippen LogP contribution is -2.17. The summed E-state index contributed by atoms with van der Waals surface area (Å²) in [6, 6.07) is 8.79. The predicted molar refractivity (Wildman–Crippen MR) is 193 cm³/mol. The fourth-order valence-electron chi connectivity index (χ4n) is 5.01. The number of phenolic OH excluding ortho intramolecular Hbond substituents is 2. The summed E-state index contributed by atoms with van der Waals surface area (Å²) in [7, 11) is 3.08. The van der Waals surface area contributed by atoms with Crippen LogP contribution in [-0.4, -0.2) is 39.1 Å². The number of benzene rings is 2. The third-order valence-electron chi connectivity index (χ3n) is 7.83. The molecule has 0 heterocycles. The van der Waals surface area contributed by atoms with E-state index >= 15 is 0 Å². The molecule has 1 saturated carbocycles. The smallest absolute Gasteiger partial charge is 0.221 e. The minimum absolute atomic E-state index is 0. The van der Waals surface area contributed by atoms with Crippen LogP contribution in [0, 0.1) is 0 Å². The van der Waals surface area contributed by atoms with E-state index in [9.17, 15) is 10.2 Å². The van der Waals surface area contributed by atoms with Crippen LogP contribution in [-0.2, 0) is 21.7 Å². The van der Waals surface area contributed by atoms with Crippen molar-refractivity contribution in [3.63, 3.8) is 0 Å². The van der Waals surface area contributed by atoms with Gasteiger partial charge in [0.25, 0.3) is 0 Å². The molecule has 4 nitrogen and oxygen atoms in total. The summed E-state index contributed by atoms with van der Waals surface area (Å²) in [5.41, 5.74) is 5.96. The number of aromatic hydroxyl groups is 2. The van der Waals surface area contributed by atoms with Crippen molar-refractivity contribution in [3.05, 3.63) is 57.6 Å². The van der Waals surface area contributed by atoms with E-state index in [2.05, 4.69) is 116 Å². The molecule has 3 rings (SSSR count). The average molecular weight is 649 g/mol. The van der Waals surface area contributed by atoms with E-state index in [0.29, 0.717) is 17.5 Å². The van der Waals surface area contributed by atoms with Crippen LogP contribution in [0.5, 0.6) is 11.5 Å². The van der Waals surface area contributed by atoms with Crippen LogP contribution in [0.1, 0.15) is 149 Å². The standard InChI is InChI=1S/C21H33NO.C15H22NOSi.2ClH/c1-20(2,3)16-12-15(14-22-17-10-8-7-9-11-17)19(23)18(13-16)21(4,5)6;1-14(2,3)11-7-10(9-16-18)13(17)12(8-11)15(4,5)6;;/h12-14,17,23H,7-11H2,1-6H3;7-9,17H,1-6H3;2*1H. The fraction of sp³-hybridized carbons (Fsp3) is 0.611. The molecular weight excluding hydrogens is 591 g/mol. The normalized spacial score (nSPS) is 15.1. The van der Waals surface area contributed by atoms with Gasteiger partial charge in [-0.2, -0.15) is 0 Å². The van der Waals surface area contributed by atoms with Gasteiger partial charge in [0.1, 0.15) is 11.5 Å². The second-order valence-electron chi connectivity index (χ2n) is 15.8. The van der Waals surface area contributed by atoms with Crippen LogP contribution in [0.15, 0.2) is 33.9 Å². The summed E-state index contributed by atoms with van der Waals surface area (Å²) in [5, 5.41) is 21.1. The Balaban J connectivity index is 0.000000806. The highest BCUT2D eigenvalue weighted by molar-refractivity contribution is 6.11. The number of aliphatic imine (C=N–C) groups is 1. The molecule has 1 aliphatic carbocycles. The molecule has 0 unspecified atom stereocenters. The Bertz CT molecular complexity index is 1240. The van der Waals surface area contributed by atoms with Gasteiger partial charge in [-0.15, -0.1) is 24.8 Å². The number of nitrogens with zero attached hydrogens (tertiary/aromatic N) is 2. The van der Waals surface area contributed by atoms with Gasteiger partial charge in [0, 0.05) is 40.7 Å². The maximum atomic E-state index is 10.8. The van der Waals surface area contributed by atoms with Gasteiger partial charge in [-0.1, -0.05) is 114 Å². The van der Waals surface area contributed by atoms with Crippen molar-refractivity contribution in [2.24, 2.45) is 9.65 Å². The van der Waals surface area contributed by atoms with Gasteiger partial charge >= 0.3 is 0 Å². The first-order valence-corrected chi connectivity index (χ1v) is 15.6. The van der Waals surface area contributed by atoms with E-state index in [0.717, 1.165) is 22.3 Å². The molecule has 0 atom stereocenters. The molecule has 1 aliphatic rings. The van der Waals surface area contributed by atoms with Gasteiger partial charge in [0.2, 0.25) is 10.4 Å². The van der Waals surface area contributed by atoms with E-state index in [1.54, 1.807) is 6.21 Å². The average Bonchev–Trinajstić information content (AvgIpc) is 2.83. The topological polar surface area (TPSA) is 65.2 Å². The number of hydrogen-bond acceptors (Lipinski definition) is 4. The minimum Gasteiger partial charge on any atom is -0.507 e. The van der Waals surface area contributed by atoms with Crippen molar-refractivity contribution in [1.29, 1.82) is 0 Å². The van der Waals surface area contributed by atoms with Crippen LogP contribution >= 0.6 is 24.8 Å². The number of halogens is 2. The van der Waals surface area contributed by atoms with E-state index in [-0.39, 0.29) is 46.5 Å². The molecule has 3 radical (unpaired) electrons. The van der Waals surface area contributed by atoms with Crippen molar-refractivity contribution >= 4 is 47.6 Å². The molecule has 0 spiro atoms. The van der Waals surface area contributed by atoms with Gasteiger partial charge in [0.15, 0.2) is 0 Å². The minimum atomic E-state index is -0.0975. The van der Waals surface area contributed by atoms with Gasteiger partial charge < -0.3 is 14.9 Å². The Morgan fingerprint density at radius 1 is 0.605 bits per heavy atom. The first-order valence-electron chi connectivity index (χ1n) is 15.1. The lowest BCUT2D eigenvalue weighted by atomic mass is 9.79. The molecular formula is C36H57Cl2N2O2Si. The second kappa shape index (κ2) is 16.0. The van der Waals surface area contributed by atoms with E-state index in [1.807, 2.05) is 12.3 Å². The third kappa shape index (κ3) is 11.9. The molecule has 0 saturated heterocycles. The first kappa shape index (κ1) is 41.2. The van der Waals surface area contributed by atoms with E-state index in [4.69, 9.17) is 4.99 Å².